The number of aromatic amines is 1. The number of hydrogen-bond donors (Lipinski definition) is 17. The first kappa shape index (κ1) is 104. The van der Waals surface area contributed by atoms with Crippen LogP contribution in [0.15, 0.2) is 128 Å². The molecule has 9 rings (SSSR count). The van der Waals surface area contributed by atoms with Crippen molar-refractivity contribution < 1.29 is 125 Å². The highest BCUT2D eigenvalue weighted by atomic mass is 32.2. The maximum Gasteiger partial charge on any atom is 0.305 e. The number of hydrogen-bond acceptors (Lipinski definition) is 22. The summed E-state index contributed by atoms with van der Waals surface area (Å²) in [7, 11) is 3.44. The standard InChI is InChI=1S/C90H110F3N17O23S/c1-7-8-23-66-89(132)110-43-54(113)36-69(110)85(128)102-62(38-74(117)118)82(125)105-77(46(2)3)90(133)107(5)67(32-47-17-11-9-12-18-47)83(126)103-64(39-75(119)120)87(130)109-42-53(112)35-68(109)84(127)101-60(34-51-40-96-58-22-16-15-21-55(51)58)80(123)99-59(30-49-24-26-52(111)27-25-49)79(122)100-61(37-71(94)114)81(124)104-65(78(121)97-41-72(95)115)44-134-45-73(116)98-63(31-50-28-56(91)76(93)57(92)29-50)86(129)108(6)70(88(131)106(66)4)33-48-19-13-10-14-20-48/h9-22,24-29,40,46,53-54,59-70,77,96,111-113H,7-8,23,30-39,41-45H2,1-6H3,(H2,94,114)(H2,95,115)(H,97,121)(H,98,116)(H,99,123)(H,100,122)(H,101,127)(H,102,128)(H,103,126)(H,104,124)(H,105,125)(H,117,118)(H,119,120)/t53-,54-,59+,60+,61-,62+,63-,64+,65+,66+,67-,68-,69-,70+,77+/m1/s1. The van der Waals surface area contributed by atoms with Gasteiger partial charge in [-0.3, -0.25) is 86.3 Å². The molecule has 6 aromatic rings. The molecule has 3 aliphatic heterocycles. The van der Waals surface area contributed by atoms with E-state index in [2.05, 4.69) is 52.8 Å². The van der Waals surface area contributed by atoms with Crippen LogP contribution in [0.1, 0.15) is 100.0 Å². The molecular formula is C90H110F3N17O23S. The van der Waals surface area contributed by atoms with Crippen LogP contribution in [0.2, 0.25) is 0 Å². The molecule has 19 N–H and O–H groups in total. The van der Waals surface area contributed by atoms with Crippen LogP contribution in [0.3, 0.4) is 0 Å². The number of thioether (sulfide) groups is 1. The van der Waals surface area contributed by atoms with Crippen LogP contribution >= 0.6 is 11.8 Å². The number of para-hydroxylation sites is 1. The van der Waals surface area contributed by atoms with Crippen LogP contribution in [0.25, 0.3) is 10.9 Å². The van der Waals surface area contributed by atoms with Crippen molar-refractivity contribution in [2.45, 2.75) is 195 Å². The number of H-pyrrole nitrogens is 1. The second kappa shape index (κ2) is 47.9. The Morgan fingerprint density at radius 3 is 1.54 bits per heavy atom. The molecule has 4 heterocycles. The monoisotopic (exact) mass is 1890 g/mol. The molecule has 0 spiro atoms. The number of nitrogens with two attached hydrogens (primary N) is 2. The highest BCUT2D eigenvalue weighted by Gasteiger charge is 2.49. The predicted molar refractivity (Wildman–Crippen MR) is 474 cm³/mol. The third-order valence-electron chi connectivity index (χ3n) is 23.1. The third-order valence-corrected chi connectivity index (χ3v) is 24.2. The van der Waals surface area contributed by atoms with Crippen LogP contribution in [0.4, 0.5) is 13.2 Å². The Bertz CT molecular complexity index is 5310. The van der Waals surface area contributed by atoms with E-state index in [1.54, 1.807) is 91.9 Å². The number of carbonyl (C=O) groups is 18. The van der Waals surface area contributed by atoms with Crippen molar-refractivity contribution >= 4 is 129 Å². The molecule has 16 amide bonds. The Kier molecular flexibility index (Phi) is 37.0. The second-order valence-electron chi connectivity index (χ2n) is 33.5. The number of aliphatic hydroxyl groups is 2. The van der Waals surface area contributed by atoms with Gasteiger partial charge in [-0.2, -0.15) is 0 Å². The SMILES string of the molecule is CCCC[C@H]1C(=O)N2C[C@H](O)C[C@@H]2C(=O)N[C@@H](CC(=O)O)C(=O)N[C@@H](C(C)C)C(=O)N(C)[C@H](Cc2ccccc2)C(=O)N[C@@H](CC(=O)O)C(=O)N2C[C@H](O)C[C@@H]2C(=O)N[C@@H](Cc2c[nH]c3ccccc23)C(=O)N[C@@H](Cc2ccc(O)cc2)C(=O)N[C@H](CC(N)=O)C(=O)N[C@H](C(=O)NCC(N)=O)CSCC(=O)N[C@H](Cc2cc(F)c(F)c(F)c2)C(=O)N(C)[C@@H](Cc2ccccc2)C(=O)N1C. The number of phenolic OH excluding ortho intramolecular Hbond substituents is 1. The number of nitrogens with one attached hydrogen (secondary N) is 10. The number of aromatic nitrogens is 1. The lowest BCUT2D eigenvalue weighted by atomic mass is 9.98. The number of amides is 16. The normalized spacial score (nSPS) is 24.5. The van der Waals surface area contributed by atoms with Gasteiger partial charge in [0.25, 0.3) is 0 Å². The second-order valence-corrected chi connectivity index (χ2v) is 34.5. The van der Waals surface area contributed by atoms with Crippen molar-refractivity contribution in [2.75, 3.05) is 52.3 Å². The van der Waals surface area contributed by atoms with E-state index in [1.165, 1.54) is 51.4 Å². The summed E-state index contributed by atoms with van der Waals surface area (Å²) in [4.78, 5) is 269. The maximum absolute atomic E-state index is 15.7. The van der Waals surface area contributed by atoms with Crippen molar-refractivity contribution in [2.24, 2.45) is 17.4 Å². The molecule has 1 aromatic heterocycles. The van der Waals surface area contributed by atoms with E-state index in [-0.39, 0.29) is 30.6 Å². The smallest absolute Gasteiger partial charge is 0.305 e. The number of benzene rings is 5. The van der Waals surface area contributed by atoms with E-state index in [0.29, 0.717) is 57.9 Å². The average molecular weight is 1890 g/mol. The van der Waals surface area contributed by atoms with Crippen LogP contribution in [-0.2, 0) is 118 Å². The molecular weight excluding hydrogens is 1780 g/mol. The Hall–Kier alpha value is -14.0. The summed E-state index contributed by atoms with van der Waals surface area (Å²) < 4.78 is 45.0. The van der Waals surface area contributed by atoms with Gasteiger partial charge in [-0.1, -0.05) is 125 Å². The quantitative estimate of drug-likeness (QED) is 0.0312. The summed E-state index contributed by atoms with van der Waals surface area (Å²) in [6, 6.07) is 4.52. The van der Waals surface area contributed by atoms with Gasteiger partial charge in [0.05, 0.1) is 43.8 Å². The molecule has 3 fully saturated rings. The maximum atomic E-state index is 15.7. The number of nitrogens with zero attached hydrogens (tertiary/aromatic N) is 5. The molecule has 0 aliphatic carbocycles. The van der Waals surface area contributed by atoms with E-state index in [1.807, 2.05) is 0 Å². The first-order valence-electron chi connectivity index (χ1n) is 43.1. The number of aliphatic carboxylic acids is 2. The van der Waals surface area contributed by atoms with Gasteiger partial charge in [-0.15, -0.1) is 11.8 Å². The number of rotatable bonds is 23. The molecule has 44 heteroatoms. The zero-order valence-corrected chi connectivity index (χ0v) is 74.9. The van der Waals surface area contributed by atoms with Crippen molar-refractivity contribution in [3.05, 3.63) is 173 Å². The van der Waals surface area contributed by atoms with Crippen LogP contribution in [0.5, 0.6) is 5.75 Å². The Morgan fingerprint density at radius 2 is 0.970 bits per heavy atom. The van der Waals surface area contributed by atoms with Crippen LogP contribution < -0.4 is 59.3 Å². The fourth-order valence-electron chi connectivity index (χ4n) is 16.0. The Morgan fingerprint density at radius 1 is 0.493 bits per heavy atom. The number of halogens is 3. The van der Waals surface area contributed by atoms with E-state index in [4.69, 9.17) is 11.5 Å². The fraction of sp³-hybridized carbons (Fsp3) is 0.444. The van der Waals surface area contributed by atoms with E-state index in [9.17, 15) is 73.1 Å². The van der Waals surface area contributed by atoms with Gasteiger partial charge in [-0.05, 0) is 70.5 Å². The minimum absolute atomic E-state index is 0.171. The summed E-state index contributed by atoms with van der Waals surface area (Å²) in [5, 5.41) is 76.2. The number of carboxylic acid groups (broad SMARTS) is 2. The lowest BCUT2D eigenvalue weighted by Crippen LogP contribution is -2.62. The molecule has 3 saturated heterocycles. The summed E-state index contributed by atoms with van der Waals surface area (Å²) in [6.45, 7) is 2.47. The van der Waals surface area contributed by atoms with Gasteiger partial charge >= 0.3 is 11.9 Å². The van der Waals surface area contributed by atoms with Gasteiger partial charge in [0.15, 0.2) is 17.5 Å². The highest BCUT2D eigenvalue weighted by Crippen LogP contribution is 2.29. The minimum Gasteiger partial charge on any atom is -0.508 e. The van der Waals surface area contributed by atoms with Crippen molar-refractivity contribution in [1.82, 2.24) is 77.3 Å². The highest BCUT2D eigenvalue weighted by molar-refractivity contribution is 8.00. The molecule has 15 atom stereocenters. The number of likely N-dealkylation sites (N-methyl/N-ethyl adjacent to an activating group) is 3. The molecule has 5 aromatic carbocycles. The number of fused-ring (bicyclic) bond motifs is 3. The van der Waals surface area contributed by atoms with Gasteiger partial charge < -0.3 is 114 Å². The number of unbranched alkanes of at least 4 members (excludes halogenated alkanes) is 1. The Labute approximate surface area is 771 Å². The van der Waals surface area contributed by atoms with Crippen molar-refractivity contribution in [1.29, 1.82) is 0 Å². The van der Waals surface area contributed by atoms with Crippen LogP contribution in [-0.4, -0.2) is 305 Å². The van der Waals surface area contributed by atoms with Gasteiger partial charge in [0.2, 0.25) is 94.5 Å². The topological polar surface area (TPSA) is 601 Å². The number of aliphatic hydroxyl groups excluding tert-OH is 2. The fourth-order valence-corrected chi connectivity index (χ4v) is 16.9. The largest absolute Gasteiger partial charge is 0.508 e. The molecule has 0 radical (unpaired) electrons. The molecule has 0 unspecified atom stereocenters. The lowest BCUT2D eigenvalue weighted by molar-refractivity contribution is -0.152. The number of primary amides is 2. The molecule has 720 valence electrons. The lowest BCUT2D eigenvalue weighted by Gasteiger charge is -2.38. The zero-order valence-electron chi connectivity index (χ0n) is 74.1. The number of carbonyl (C=O) groups excluding carboxylic acids is 16. The first-order valence-corrected chi connectivity index (χ1v) is 44.3. The van der Waals surface area contributed by atoms with E-state index < -0.39 is 315 Å². The van der Waals surface area contributed by atoms with Crippen molar-refractivity contribution in [3.63, 3.8) is 0 Å². The average Bonchev–Trinajstić information content (AvgIpc) is 1.62. The third kappa shape index (κ3) is 28.3. The van der Waals surface area contributed by atoms with E-state index in [0.717, 1.165) is 38.6 Å². The van der Waals surface area contributed by atoms with Gasteiger partial charge in [0, 0.05) is 102 Å². The minimum atomic E-state index is -2.14. The molecule has 3 aliphatic rings. The molecule has 40 nitrogen and oxygen atoms in total. The first-order chi connectivity index (χ1) is 63.5. The summed E-state index contributed by atoms with van der Waals surface area (Å²) in [6.07, 6.45) is -8.36. The molecule has 134 heavy (non-hydrogen) atoms. The van der Waals surface area contributed by atoms with Gasteiger partial charge in [-0.25, -0.2) is 13.2 Å². The number of phenols is 1. The summed E-state index contributed by atoms with van der Waals surface area (Å²) >= 11 is 0.545. The predicted octanol–water partition coefficient (Wildman–Crippen LogP) is -1.89. The zero-order chi connectivity index (χ0) is 98.2. The Balaban J connectivity index is 1.14. The van der Waals surface area contributed by atoms with E-state index >= 15 is 51.9 Å². The van der Waals surface area contributed by atoms with Crippen molar-refractivity contribution in [3.8, 4) is 5.75 Å². The number of aromatic hydroxyl groups is 1. The van der Waals surface area contributed by atoms with Gasteiger partial charge in [0.1, 0.15) is 84.3 Å². The summed E-state index contributed by atoms with van der Waals surface area (Å²) in [5.74, 6) is -30.3. The number of carboxylic acids is 2. The summed E-state index contributed by atoms with van der Waals surface area (Å²) in [5.41, 5.74) is 12.5. The molecule has 0 bridgehead atoms. The van der Waals surface area contributed by atoms with Crippen LogP contribution in [0, 0.1) is 23.4 Å². The molecule has 0 saturated carbocycles.